The van der Waals surface area contributed by atoms with Crippen LogP contribution in [0.15, 0.2) is 67.0 Å². The molecule has 0 unspecified atom stereocenters. The standard InChI is InChI=1S/C21H20N4O2/c1-15-13-20(23-14-22-15)24-17-6-8-18(9-7-17)25-21(26)12-5-16-3-10-19(27-2)11-4-16/h3-14H,1-2H3,(H,25,26)(H,22,23,24)/b12-5+. The van der Waals surface area contributed by atoms with Gasteiger partial charge in [-0.3, -0.25) is 4.79 Å². The molecule has 6 heteroatoms. The molecular formula is C21H20N4O2. The number of hydrogen-bond acceptors (Lipinski definition) is 5. The van der Waals surface area contributed by atoms with Crippen LogP contribution < -0.4 is 15.4 Å². The van der Waals surface area contributed by atoms with E-state index in [0.29, 0.717) is 5.69 Å². The number of carbonyl (C=O) groups is 1. The molecule has 0 radical (unpaired) electrons. The second-order valence-corrected chi connectivity index (χ2v) is 5.84. The molecule has 3 aromatic rings. The fourth-order valence-electron chi connectivity index (χ4n) is 2.38. The van der Waals surface area contributed by atoms with Gasteiger partial charge in [0.25, 0.3) is 0 Å². The Bertz CT molecular complexity index is 935. The van der Waals surface area contributed by atoms with Crippen molar-refractivity contribution in [3.8, 4) is 5.75 Å². The van der Waals surface area contributed by atoms with Crippen LogP contribution in [0.1, 0.15) is 11.3 Å². The van der Waals surface area contributed by atoms with Crippen molar-refractivity contribution >= 4 is 29.2 Å². The lowest BCUT2D eigenvalue weighted by Gasteiger charge is -2.07. The van der Waals surface area contributed by atoms with Gasteiger partial charge in [-0.25, -0.2) is 9.97 Å². The molecule has 0 aliphatic heterocycles. The Hall–Kier alpha value is -3.67. The molecule has 1 heterocycles. The topological polar surface area (TPSA) is 76.1 Å². The average molecular weight is 360 g/mol. The summed E-state index contributed by atoms with van der Waals surface area (Å²) in [7, 11) is 1.62. The lowest BCUT2D eigenvalue weighted by molar-refractivity contribution is -0.111. The summed E-state index contributed by atoms with van der Waals surface area (Å²) in [6.45, 7) is 1.91. The molecule has 136 valence electrons. The molecule has 0 saturated heterocycles. The summed E-state index contributed by atoms with van der Waals surface area (Å²) >= 11 is 0. The number of anilines is 3. The molecule has 1 amide bonds. The molecule has 0 aliphatic carbocycles. The van der Waals surface area contributed by atoms with Crippen molar-refractivity contribution in [2.24, 2.45) is 0 Å². The van der Waals surface area contributed by atoms with Crippen LogP contribution in [0.2, 0.25) is 0 Å². The number of nitrogens with one attached hydrogen (secondary N) is 2. The zero-order valence-electron chi connectivity index (χ0n) is 15.1. The summed E-state index contributed by atoms with van der Waals surface area (Å²) in [5, 5.41) is 6.02. The van der Waals surface area contributed by atoms with E-state index in [-0.39, 0.29) is 5.91 Å². The van der Waals surface area contributed by atoms with Crippen molar-refractivity contribution in [2.45, 2.75) is 6.92 Å². The van der Waals surface area contributed by atoms with E-state index in [1.165, 1.54) is 12.4 Å². The zero-order valence-corrected chi connectivity index (χ0v) is 15.1. The van der Waals surface area contributed by atoms with Crippen molar-refractivity contribution in [3.63, 3.8) is 0 Å². The maximum Gasteiger partial charge on any atom is 0.248 e. The predicted molar refractivity (Wildman–Crippen MR) is 107 cm³/mol. The van der Waals surface area contributed by atoms with Gasteiger partial charge in [-0.1, -0.05) is 12.1 Å². The van der Waals surface area contributed by atoms with Gasteiger partial charge in [0.15, 0.2) is 0 Å². The fourth-order valence-corrected chi connectivity index (χ4v) is 2.38. The van der Waals surface area contributed by atoms with Gasteiger partial charge in [0.05, 0.1) is 7.11 Å². The highest BCUT2D eigenvalue weighted by molar-refractivity contribution is 6.02. The van der Waals surface area contributed by atoms with Crippen LogP contribution in [0, 0.1) is 6.92 Å². The summed E-state index contributed by atoms with van der Waals surface area (Å²) < 4.78 is 5.11. The van der Waals surface area contributed by atoms with Crippen molar-refractivity contribution in [2.75, 3.05) is 17.7 Å². The smallest absolute Gasteiger partial charge is 0.248 e. The Morgan fingerprint density at radius 2 is 1.70 bits per heavy atom. The number of aryl methyl sites for hydroxylation is 1. The number of benzene rings is 2. The third-order valence-corrected chi connectivity index (χ3v) is 3.77. The summed E-state index contributed by atoms with van der Waals surface area (Å²) in [4.78, 5) is 20.3. The molecule has 0 spiro atoms. The first-order valence-corrected chi connectivity index (χ1v) is 8.41. The second kappa shape index (κ2) is 8.62. The average Bonchev–Trinajstić information content (AvgIpc) is 2.68. The van der Waals surface area contributed by atoms with Gasteiger partial charge >= 0.3 is 0 Å². The van der Waals surface area contributed by atoms with Crippen LogP contribution in [0.25, 0.3) is 6.08 Å². The first-order chi connectivity index (χ1) is 13.1. The SMILES string of the molecule is COc1ccc(/C=C/C(=O)Nc2ccc(Nc3cc(C)ncn3)cc2)cc1. The van der Waals surface area contributed by atoms with E-state index in [1.54, 1.807) is 13.2 Å². The first kappa shape index (κ1) is 18.1. The van der Waals surface area contributed by atoms with Crippen LogP contribution in [-0.4, -0.2) is 23.0 Å². The van der Waals surface area contributed by atoms with Gasteiger partial charge in [0.1, 0.15) is 17.9 Å². The molecule has 2 N–H and O–H groups in total. The molecule has 0 aliphatic rings. The van der Waals surface area contributed by atoms with Gasteiger partial charge in [-0.2, -0.15) is 0 Å². The number of aromatic nitrogens is 2. The number of amides is 1. The van der Waals surface area contributed by atoms with Crippen LogP contribution in [-0.2, 0) is 4.79 Å². The Balaban J connectivity index is 1.57. The Morgan fingerprint density at radius 3 is 2.37 bits per heavy atom. The van der Waals surface area contributed by atoms with Gasteiger partial charge in [0, 0.05) is 29.2 Å². The molecule has 0 saturated carbocycles. The summed E-state index contributed by atoms with van der Waals surface area (Å²) in [6.07, 6.45) is 4.77. The quantitative estimate of drug-likeness (QED) is 0.645. The minimum atomic E-state index is -0.196. The minimum Gasteiger partial charge on any atom is -0.497 e. The Kier molecular flexibility index (Phi) is 5.79. The number of ether oxygens (including phenoxy) is 1. The van der Waals surface area contributed by atoms with E-state index in [0.717, 1.165) is 28.5 Å². The van der Waals surface area contributed by atoms with Crippen LogP contribution in [0.3, 0.4) is 0 Å². The molecule has 6 nitrogen and oxygen atoms in total. The number of rotatable bonds is 6. The molecular weight excluding hydrogens is 340 g/mol. The molecule has 0 bridgehead atoms. The van der Waals surface area contributed by atoms with E-state index in [1.807, 2.05) is 61.5 Å². The first-order valence-electron chi connectivity index (χ1n) is 8.41. The third-order valence-electron chi connectivity index (χ3n) is 3.77. The highest BCUT2D eigenvalue weighted by Gasteiger charge is 2.00. The van der Waals surface area contributed by atoms with E-state index in [9.17, 15) is 4.79 Å². The third kappa shape index (κ3) is 5.40. The van der Waals surface area contributed by atoms with Crippen molar-refractivity contribution < 1.29 is 9.53 Å². The van der Waals surface area contributed by atoms with Gasteiger partial charge in [-0.05, 0) is 55.0 Å². The number of hydrogen-bond donors (Lipinski definition) is 2. The van der Waals surface area contributed by atoms with Crippen molar-refractivity contribution in [3.05, 3.63) is 78.3 Å². The summed E-state index contributed by atoms with van der Waals surface area (Å²) in [5.74, 6) is 1.31. The summed E-state index contributed by atoms with van der Waals surface area (Å²) in [6, 6.07) is 16.7. The van der Waals surface area contributed by atoms with E-state index >= 15 is 0 Å². The maximum atomic E-state index is 12.1. The second-order valence-electron chi connectivity index (χ2n) is 5.84. The lowest BCUT2D eigenvalue weighted by Crippen LogP contribution is -2.07. The predicted octanol–water partition coefficient (Wildman–Crippen LogP) is 4.19. The van der Waals surface area contributed by atoms with Crippen LogP contribution in [0.4, 0.5) is 17.2 Å². The largest absolute Gasteiger partial charge is 0.497 e. The lowest BCUT2D eigenvalue weighted by atomic mass is 10.2. The highest BCUT2D eigenvalue weighted by Crippen LogP contribution is 2.18. The van der Waals surface area contributed by atoms with E-state index in [4.69, 9.17) is 4.74 Å². The van der Waals surface area contributed by atoms with Crippen LogP contribution >= 0.6 is 0 Å². The normalized spacial score (nSPS) is 10.6. The number of carbonyl (C=O) groups excluding carboxylic acids is 1. The van der Waals surface area contributed by atoms with Crippen molar-refractivity contribution in [1.29, 1.82) is 0 Å². The van der Waals surface area contributed by atoms with Gasteiger partial charge in [-0.15, -0.1) is 0 Å². The molecule has 0 atom stereocenters. The number of nitrogens with zero attached hydrogens (tertiary/aromatic N) is 2. The Morgan fingerprint density at radius 1 is 1.00 bits per heavy atom. The molecule has 0 fully saturated rings. The molecule has 3 rings (SSSR count). The number of methoxy groups -OCH3 is 1. The minimum absolute atomic E-state index is 0.196. The van der Waals surface area contributed by atoms with E-state index in [2.05, 4.69) is 20.6 Å². The fraction of sp³-hybridized carbons (Fsp3) is 0.0952. The van der Waals surface area contributed by atoms with Crippen LogP contribution in [0.5, 0.6) is 5.75 Å². The monoisotopic (exact) mass is 360 g/mol. The zero-order chi connectivity index (χ0) is 19.1. The Labute approximate surface area is 157 Å². The van der Waals surface area contributed by atoms with Gasteiger partial charge in [0.2, 0.25) is 5.91 Å². The summed E-state index contributed by atoms with van der Waals surface area (Å²) in [5.41, 5.74) is 3.40. The van der Waals surface area contributed by atoms with Crippen molar-refractivity contribution in [1.82, 2.24) is 9.97 Å². The highest BCUT2D eigenvalue weighted by atomic mass is 16.5. The van der Waals surface area contributed by atoms with E-state index < -0.39 is 0 Å². The molecule has 1 aromatic heterocycles. The maximum absolute atomic E-state index is 12.1. The molecule has 2 aromatic carbocycles. The molecule has 27 heavy (non-hydrogen) atoms. The van der Waals surface area contributed by atoms with Gasteiger partial charge < -0.3 is 15.4 Å².